The zero-order chi connectivity index (χ0) is 13.4. The van der Waals surface area contributed by atoms with E-state index in [4.69, 9.17) is 5.73 Å². The van der Waals surface area contributed by atoms with Crippen molar-refractivity contribution in [2.75, 3.05) is 5.73 Å². The number of pyridine rings is 1. The molecule has 0 bridgehead atoms. The van der Waals surface area contributed by atoms with Gasteiger partial charge in [-0.15, -0.1) is 0 Å². The Kier molecular flexibility index (Phi) is 2.67. The molecule has 2 aromatic carbocycles. The second kappa shape index (κ2) is 4.35. The number of aromatic nitrogens is 1. The molecular formula is C16H13FN2. The van der Waals surface area contributed by atoms with E-state index in [0.29, 0.717) is 5.82 Å². The molecule has 0 aliphatic heterocycles. The maximum Gasteiger partial charge on any atom is 0.131 e. The SMILES string of the molecule is Cc1ccc2nc(N)c(-c3ccc(F)cc3)cc2c1. The van der Waals surface area contributed by atoms with Gasteiger partial charge < -0.3 is 5.73 Å². The molecule has 0 amide bonds. The normalized spacial score (nSPS) is 10.8. The van der Waals surface area contributed by atoms with Crippen LogP contribution in [-0.2, 0) is 0 Å². The van der Waals surface area contributed by atoms with E-state index in [-0.39, 0.29) is 5.82 Å². The van der Waals surface area contributed by atoms with Gasteiger partial charge in [0.15, 0.2) is 0 Å². The Morgan fingerprint density at radius 1 is 1.00 bits per heavy atom. The van der Waals surface area contributed by atoms with Crippen molar-refractivity contribution in [3.8, 4) is 11.1 Å². The van der Waals surface area contributed by atoms with E-state index in [9.17, 15) is 4.39 Å². The Morgan fingerprint density at radius 3 is 2.47 bits per heavy atom. The number of rotatable bonds is 1. The molecular weight excluding hydrogens is 239 g/mol. The van der Waals surface area contributed by atoms with Crippen LogP contribution in [0.3, 0.4) is 0 Å². The van der Waals surface area contributed by atoms with Crippen LogP contribution in [0.15, 0.2) is 48.5 Å². The van der Waals surface area contributed by atoms with Crippen molar-refractivity contribution in [2.24, 2.45) is 0 Å². The van der Waals surface area contributed by atoms with Crippen molar-refractivity contribution in [1.82, 2.24) is 4.98 Å². The lowest BCUT2D eigenvalue weighted by Gasteiger charge is -2.08. The quantitative estimate of drug-likeness (QED) is 0.712. The third-order valence-corrected chi connectivity index (χ3v) is 3.15. The molecule has 0 aliphatic carbocycles. The van der Waals surface area contributed by atoms with E-state index in [0.717, 1.165) is 22.0 Å². The van der Waals surface area contributed by atoms with Crippen molar-refractivity contribution in [3.05, 3.63) is 59.9 Å². The van der Waals surface area contributed by atoms with Crippen LogP contribution >= 0.6 is 0 Å². The van der Waals surface area contributed by atoms with Gasteiger partial charge in [0.05, 0.1) is 5.52 Å². The van der Waals surface area contributed by atoms with Crippen LogP contribution in [-0.4, -0.2) is 4.98 Å². The van der Waals surface area contributed by atoms with Gasteiger partial charge in [-0.1, -0.05) is 23.8 Å². The van der Waals surface area contributed by atoms with Gasteiger partial charge in [0.25, 0.3) is 0 Å². The maximum absolute atomic E-state index is 13.0. The lowest BCUT2D eigenvalue weighted by atomic mass is 10.0. The predicted molar refractivity (Wildman–Crippen MR) is 76.3 cm³/mol. The minimum absolute atomic E-state index is 0.257. The molecule has 0 fully saturated rings. The Hall–Kier alpha value is -2.42. The van der Waals surface area contributed by atoms with Crippen molar-refractivity contribution < 1.29 is 4.39 Å². The van der Waals surface area contributed by atoms with E-state index >= 15 is 0 Å². The Morgan fingerprint density at radius 2 is 1.74 bits per heavy atom. The van der Waals surface area contributed by atoms with Crippen LogP contribution in [0.4, 0.5) is 10.2 Å². The average Bonchev–Trinajstić information content (AvgIpc) is 2.40. The minimum Gasteiger partial charge on any atom is -0.383 e. The van der Waals surface area contributed by atoms with Crippen LogP contribution < -0.4 is 5.73 Å². The number of anilines is 1. The summed E-state index contributed by atoms with van der Waals surface area (Å²) in [5.74, 6) is 0.204. The number of fused-ring (bicyclic) bond motifs is 1. The number of halogens is 1. The average molecular weight is 252 g/mol. The molecule has 0 radical (unpaired) electrons. The van der Waals surface area contributed by atoms with Crippen LogP contribution in [0.25, 0.3) is 22.0 Å². The van der Waals surface area contributed by atoms with E-state index in [2.05, 4.69) is 11.1 Å². The number of benzene rings is 2. The van der Waals surface area contributed by atoms with Gasteiger partial charge in [0.1, 0.15) is 11.6 Å². The molecule has 2 nitrogen and oxygen atoms in total. The minimum atomic E-state index is -0.257. The van der Waals surface area contributed by atoms with Gasteiger partial charge in [0, 0.05) is 10.9 Å². The molecule has 1 aromatic heterocycles. The first-order chi connectivity index (χ1) is 9.13. The molecule has 3 aromatic rings. The molecule has 0 spiro atoms. The molecule has 0 atom stereocenters. The van der Waals surface area contributed by atoms with E-state index in [1.54, 1.807) is 12.1 Å². The van der Waals surface area contributed by atoms with Gasteiger partial charge >= 0.3 is 0 Å². The smallest absolute Gasteiger partial charge is 0.131 e. The largest absolute Gasteiger partial charge is 0.383 e. The Balaban J connectivity index is 2.23. The zero-order valence-corrected chi connectivity index (χ0v) is 10.5. The fourth-order valence-electron chi connectivity index (χ4n) is 2.17. The van der Waals surface area contributed by atoms with E-state index in [1.807, 2.05) is 25.1 Å². The van der Waals surface area contributed by atoms with Crippen molar-refractivity contribution in [3.63, 3.8) is 0 Å². The highest BCUT2D eigenvalue weighted by Gasteiger charge is 2.07. The molecule has 0 saturated carbocycles. The summed E-state index contributed by atoms with van der Waals surface area (Å²) >= 11 is 0. The monoisotopic (exact) mass is 252 g/mol. The molecule has 0 unspecified atom stereocenters. The maximum atomic E-state index is 13.0. The third-order valence-electron chi connectivity index (χ3n) is 3.15. The number of hydrogen-bond donors (Lipinski definition) is 1. The van der Waals surface area contributed by atoms with Crippen LogP contribution in [0.1, 0.15) is 5.56 Å². The van der Waals surface area contributed by atoms with Gasteiger partial charge in [0.2, 0.25) is 0 Å². The summed E-state index contributed by atoms with van der Waals surface area (Å²) in [7, 11) is 0. The summed E-state index contributed by atoms with van der Waals surface area (Å²) in [5, 5.41) is 1.04. The van der Waals surface area contributed by atoms with Crippen molar-refractivity contribution in [1.29, 1.82) is 0 Å². The summed E-state index contributed by atoms with van der Waals surface area (Å²) in [4.78, 5) is 4.40. The molecule has 94 valence electrons. The third kappa shape index (κ3) is 2.15. The number of aryl methyl sites for hydroxylation is 1. The molecule has 3 heteroatoms. The van der Waals surface area contributed by atoms with Gasteiger partial charge in [-0.3, -0.25) is 0 Å². The van der Waals surface area contributed by atoms with Crippen molar-refractivity contribution >= 4 is 16.7 Å². The molecule has 2 N–H and O–H groups in total. The summed E-state index contributed by atoms with van der Waals surface area (Å²) in [5.41, 5.74) is 9.73. The second-order valence-corrected chi connectivity index (χ2v) is 4.62. The standard InChI is InChI=1S/C16H13FN2/c1-10-2-7-15-12(8-10)9-14(16(18)19-15)11-3-5-13(17)6-4-11/h2-9H,1H3,(H2,18,19). The molecule has 3 rings (SSSR count). The predicted octanol–water partition coefficient (Wildman–Crippen LogP) is 3.93. The summed E-state index contributed by atoms with van der Waals surface area (Å²) in [6.07, 6.45) is 0. The fourth-order valence-corrected chi connectivity index (χ4v) is 2.17. The number of nitrogens with two attached hydrogens (primary N) is 1. The highest BCUT2D eigenvalue weighted by atomic mass is 19.1. The van der Waals surface area contributed by atoms with E-state index < -0.39 is 0 Å². The van der Waals surface area contributed by atoms with E-state index in [1.165, 1.54) is 17.7 Å². The Labute approximate surface area is 110 Å². The molecule has 0 aliphatic rings. The Bertz CT molecular complexity index is 749. The number of nitrogens with zero attached hydrogens (tertiary/aromatic N) is 1. The lowest BCUT2D eigenvalue weighted by molar-refractivity contribution is 0.628. The molecule has 19 heavy (non-hydrogen) atoms. The number of nitrogen functional groups attached to an aromatic ring is 1. The summed E-state index contributed by atoms with van der Waals surface area (Å²) in [6.45, 7) is 2.04. The highest BCUT2D eigenvalue weighted by Crippen LogP contribution is 2.28. The zero-order valence-electron chi connectivity index (χ0n) is 10.5. The highest BCUT2D eigenvalue weighted by molar-refractivity contribution is 5.89. The summed E-state index contributed by atoms with van der Waals surface area (Å²) in [6, 6.07) is 14.3. The van der Waals surface area contributed by atoms with Crippen LogP contribution in [0, 0.1) is 12.7 Å². The molecule has 1 heterocycles. The first kappa shape index (κ1) is 11.7. The lowest BCUT2D eigenvalue weighted by Crippen LogP contribution is -1.95. The number of hydrogen-bond acceptors (Lipinski definition) is 2. The van der Waals surface area contributed by atoms with Gasteiger partial charge in [-0.25, -0.2) is 9.37 Å². The summed E-state index contributed by atoms with van der Waals surface area (Å²) < 4.78 is 13.0. The second-order valence-electron chi connectivity index (χ2n) is 4.62. The first-order valence-corrected chi connectivity index (χ1v) is 6.06. The van der Waals surface area contributed by atoms with Crippen LogP contribution in [0.5, 0.6) is 0 Å². The van der Waals surface area contributed by atoms with Gasteiger partial charge in [-0.2, -0.15) is 0 Å². The topological polar surface area (TPSA) is 38.9 Å². The van der Waals surface area contributed by atoms with Gasteiger partial charge in [-0.05, 0) is 42.8 Å². The fraction of sp³-hybridized carbons (Fsp3) is 0.0625. The van der Waals surface area contributed by atoms with Crippen molar-refractivity contribution in [2.45, 2.75) is 6.92 Å². The molecule has 0 saturated heterocycles. The van der Waals surface area contributed by atoms with Crippen LogP contribution in [0.2, 0.25) is 0 Å². The first-order valence-electron chi connectivity index (χ1n) is 6.06.